The van der Waals surface area contributed by atoms with E-state index < -0.39 is 5.97 Å². The number of aliphatic carboxylic acids is 1. The van der Waals surface area contributed by atoms with Crippen LogP contribution in [0.1, 0.15) is 21.7 Å². The van der Waals surface area contributed by atoms with Crippen molar-refractivity contribution in [3.8, 4) is 0 Å². The van der Waals surface area contributed by atoms with E-state index in [-0.39, 0.29) is 32.6 Å². The second-order valence-electron chi connectivity index (χ2n) is 1.99. The first-order chi connectivity index (χ1) is 3.13. The Morgan fingerprint density at radius 3 is 2.12 bits per heavy atom. The van der Waals surface area contributed by atoms with Crippen molar-refractivity contribution in [2.75, 3.05) is 0 Å². The van der Waals surface area contributed by atoms with Crippen LogP contribution in [0.3, 0.4) is 0 Å². The van der Waals surface area contributed by atoms with Gasteiger partial charge in [0.05, 0.1) is 0 Å². The molecule has 0 aromatic rings. The van der Waals surface area contributed by atoms with E-state index in [9.17, 15) is 4.79 Å². The molecule has 0 aliphatic heterocycles. The van der Waals surface area contributed by atoms with Gasteiger partial charge in [0.1, 0.15) is 0 Å². The maximum Gasteiger partial charge on any atom is 1.00 e. The Labute approximate surface area is 62.9 Å². The van der Waals surface area contributed by atoms with Crippen LogP contribution in [-0.2, 0) is 4.79 Å². The number of carboxylic acids is 1. The number of carbonyl (C=O) groups is 1. The summed E-state index contributed by atoms with van der Waals surface area (Å²) >= 11 is 0. The maximum absolute atomic E-state index is 9.81. The van der Waals surface area contributed by atoms with Gasteiger partial charge in [-0.05, 0) is 5.92 Å². The quantitative estimate of drug-likeness (QED) is 0.427. The summed E-state index contributed by atoms with van der Waals surface area (Å²) in [7, 11) is 0. The summed E-state index contributed by atoms with van der Waals surface area (Å²) in [4.78, 5) is 9.81. The molecule has 0 spiro atoms. The second kappa shape index (κ2) is 5.21. The van der Waals surface area contributed by atoms with Crippen LogP contribution in [-0.4, -0.2) is 11.1 Å². The van der Waals surface area contributed by atoms with E-state index in [2.05, 4.69) is 0 Å². The molecule has 1 N–H and O–H groups in total. The summed E-state index contributed by atoms with van der Waals surface area (Å²) in [6.45, 7) is 3.77. The van der Waals surface area contributed by atoms with E-state index in [0.717, 1.165) is 0 Å². The van der Waals surface area contributed by atoms with E-state index in [1.165, 1.54) is 0 Å². The normalized spacial score (nSPS) is 8.38. The van der Waals surface area contributed by atoms with Gasteiger partial charge in [-0.2, -0.15) is 0 Å². The first-order valence-electron chi connectivity index (χ1n) is 2.34. The minimum absolute atomic E-state index is 0. The fourth-order valence-corrected chi connectivity index (χ4v) is 0.349. The molecule has 0 atom stereocenters. The molecule has 0 fully saturated rings. The molecule has 0 aromatic heterocycles. The SMILES string of the molecule is CC(C)CC(=O)O.[H-].[Li+]. The second-order valence-corrected chi connectivity index (χ2v) is 1.99. The van der Waals surface area contributed by atoms with Crippen molar-refractivity contribution in [3.63, 3.8) is 0 Å². The van der Waals surface area contributed by atoms with Gasteiger partial charge in [0.2, 0.25) is 0 Å². The predicted molar refractivity (Wildman–Crippen MR) is 28.2 cm³/mol. The van der Waals surface area contributed by atoms with Crippen LogP contribution >= 0.6 is 0 Å². The van der Waals surface area contributed by atoms with Crippen LogP contribution < -0.4 is 18.9 Å². The number of carboxylic acid groups (broad SMARTS) is 1. The Morgan fingerprint density at radius 1 is 1.75 bits per heavy atom. The smallest absolute Gasteiger partial charge is 1.00 e. The van der Waals surface area contributed by atoms with E-state index >= 15 is 0 Å². The molecule has 0 rings (SSSR count). The predicted octanol–water partition coefficient (Wildman–Crippen LogP) is -1.77. The molecule has 44 valence electrons. The van der Waals surface area contributed by atoms with Crippen molar-refractivity contribution in [2.45, 2.75) is 20.3 Å². The Kier molecular flexibility index (Phi) is 7.13. The van der Waals surface area contributed by atoms with Crippen LogP contribution in [0.15, 0.2) is 0 Å². The molecule has 2 nitrogen and oxygen atoms in total. The van der Waals surface area contributed by atoms with Gasteiger partial charge in [0.25, 0.3) is 0 Å². The molecule has 0 saturated heterocycles. The summed E-state index contributed by atoms with van der Waals surface area (Å²) in [5, 5.41) is 8.08. The summed E-state index contributed by atoms with van der Waals surface area (Å²) in [6.07, 6.45) is 0.278. The fraction of sp³-hybridized carbons (Fsp3) is 0.800. The zero-order valence-corrected chi connectivity index (χ0v) is 5.64. The van der Waals surface area contributed by atoms with Gasteiger partial charge in [-0.3, -0.25) is 4.79 Å². The van der Waals surface area contributed by atoms with Gasteiger partial charge in [0, 0.05) is 6.42 Å². The van der Waals surface area contributed by atoms with E-state index in [1.807, 2.05) is 13.8 Å². The first kappa shape index (κ1) is 10.9. The van der Waals surface area contributed by atoms with Gasteiger partial charge in [-0.15, -0.1) is 0 Å². The zero-order chi connectivity index (χ0) is 5.86. The average molecular weight is 110 g/mol. The van der Waals surface area contributed by atoms with Crippen molar-refractivity contribution in [1.82, 2.24) is 0 Å². The molecule has 0 aromatic carbocycles. The Bertz CT molecular complexity index is 75.4. The molecule has 0 unspecified atom stereocenters. The van der Waals surface area contributed by atoms with Crippen LogP contribution in [0.4, 0.5) is 0 Å². The number of hydrogen-bond donors (Lipinski definition) is 1. The van der Waals surface area contributed by atoms with E-state index in [4.69, 9.17) is 5.11 Å². The topological polar surface area (TPSA) is 37.3 Å². The fourth-order valence-electron chi connectivity index (χ4n) is 0.349. The number of hydrogen-bond acceptors (Lipinski definition) is 1. The third-order valence-corrected chi connectivity index (χ3v) is 0.583. The van der Waals surface area contributed by atoms with Crippen LogP contribution in [0.2, 0.25) is 0 Å². The molecule has 0 heterocycles. The van der Waals surface area contributed by atoms with Crippen molar-refractivity contribution < 1.29 is 30.2 Å². The molecule has 0 bridgehead atoms. The molecule has 8 heavy (non-hydrogen) atoms. The zero-order valence-electron chi connectivity index (χ0n) is 6.64. The van der Waals surface area contributed by atoms with E-state index in [0.29, 0.717) is 0 Å². The summed E-state index contributed by atoms with van der Waals surface area (Å²) in [6, 6.07) is 0. The Hall–Kier alpha value is 0.0674. The summed E-state index contributed by atoms with van der Waals surface area (Å²) < 4.78 is 0. The molecule has 0 saturated carbocycles. The Morgan fingerprint density at radius 2 is 2.12 bits per heavy atom. The standard InChI is InChI=1S/C5H10O2.Li.H/c1-4(2)3-5(6)7;;/h4H,3H2,1-2H3,(H,6,7);;/q;+1;-1. The van der Waals surface area contributed by atoms with Gasteiger partial charge < -0.3 is 6.53 Å². The van der Waals surface area contributed by atoms with E-state index in [1.54, 1.807) is 0 Å². The van der Waals surface area contributed by atoms with Crippen molar-refractivity contribution in [2.24, 2.45) is 5.92 Å². The average Bonchev–Trinajstić information content (AvgIpc) is 1.27. The van der Waals surface area contributed by atoms with Crippen LogP contribution in [0, 0.1) is 5.92 Å². The monoisotopic (exact) mass is 110 g/mol. The maximum atomic E-state index is 9.81. The van der Waals surface area contributed by atoms with Gasteiger partial charge in [-0.1, -0.05) is 13.8 Å². The summed E-state index contributed by atoms with van der Waals surface area (Å²) in [5.41, 5.74) is 0. The van der Waals surface area contributed by atoms with Gasteiger partial charge in [0.15, 0.2) is 0 Å². The van der Waals surface area contributed by atoms with Gasteiger partial charge in [-0.25, -0.2) is 0 Å². The van der Waals surface area contributed by atoms with Crippen LogP contribution in [0.25, 0.3) is 0 Å². The molecule has 0 radical (unpaired) electrons. The largest absolute Gasteiger partial charge is 1.00 e. The van der Waals surface area contributed by atoms with Crippen LogP contribution in [0.5, 0.6) is 0 Å². The van der Waals surface area contributed by atoms with Crippen molar-refractivity contribution in [3.05, 3.63) is 0 Å². The minimum atomic E-state index is -0.713. The van der Waals surface area contributed by atoms with Crippen molar-refractivity contribution >= 4 is 5.97 Å². The first-order valence-corrected chi connectivity index (χ1v) is 2.34. The molecule has 3 heteroatoms. The van der Waals surface area contributed by atoms with Crippen molar-refractivity contribution in [1.29, 1.82) is 0 Å². The molecule has 0 amide bonds. The summed E-state index contributed by atoms with van der Waals surface area (Å²) in [5.74, 6) is -0.438. The molecular weight excluding hydrogens is 99.0 g/mol. The minimum Gasteiger partial charge on any atom is -1.00 e. The molecule has 0 aliphatic rings. The molecule has 0 aliphatic carbocycles. The molecular formula is C5H11LiO2. The Balaban J connectivity index is -0.000000180. The third kappa shape index (κ3) is 9.42. The van der Waals surface area contributed by atoms with Gasteiger partial charge >= 0.3 is 24.8 Å². The third-order valence-electron chi connectivity index (χ3n) is 0.583. The number of rotatable bonds is 2.